The van der Waals surface area contributed by atoms with E-state index >= 15 is 0 Å². The van der Waals surface area contributed by atoms with Gasteiger partial charge in [0.25, 0.3) is 0 Å². The maximum absolute atomic E-state index is 13.1. The predicted octanol–water partition coefficient (Wildman–Crippen LogP) is 12.5. The first-order valence-electron chi connectivity index (χ1n) is 27.9. The first kappa shape index (κ1) is 63.1. The van der Waals surface area contributed by atoms with Gasteiger partial charge in [0, 0.05) is 6.42 Å². The van der Waals surface area contributed by atoms with E-state index < -0.39 is 59.9 Å². The Labute approximate surface area is 405 Å². The summed E-state index contributed by atoms with van der Waals surface area (Å²) in [5, 5.41) is 45.1. The van der Waals surface area contributed by atoms with Crippen molar-refractivity contribution in [1.29, 1.82) is 0 Å². The lowest BCUT2D eigenvalue weighted by Gasteiger charge is -2.41. The zero-order valence-corrected chi connectivity index (χ0v) is 43.4. The van der Waals surface area contributed by atoms with Gasteiger partial charge >= 0.3 is 10.4 Å². The van der Waals surface area contributed by atoms with E-state index in [9.17, 15) is 38.2 Å². The van der Waals surface area contributed by atoms with Crippen LogP contribution in [0.5, 0.6) is 0 Å². The molecule has 1 fully saturated rings. The van der Waals surface area contributed by atoms with E-state index in [1.54, 1.807) is 0 Å². The summed E-state index contributed by atoms with van der Waals surface area (Å²) in [5.74, 6) is -0.223. The number of nitrogens with one attached hydrogen (secondary N) is 1. The van der Waals surface area contributed by atoms with E-state index in [1.165, 1.54) is 199 Å². The minimum absolute atomic E-state index is 0.223. The summed E-state index contributed by atoms with van der Waals surface area (Å²) in [6, 6.07) is -0.852. The summed E-state index contributed by atoms with van der Waals surface area (Å²) >= 11 is 0. The molecule has 12 nitrogen and oxygen atoms in total. The molecule has 0 bridgehead atoms. The predicted molar refractivity (Wildman–Crippen MR) is 269 cm³/mol. The molecule has 0 spiro atoms. The molecule has 7 atom stereocenters. The molecular formula is C53H105NO11S. The van der Waals surface area contributed by atoms with Crippen molar-refractivity contribution in [2.45, 2.75) is 320 Å². The average Bonchev–Trinajstić information content (AvgIpc) is 3.29. The van der Waals surface area contributed by atoms with Crippen molar-refractivity contribution in [1.82, 2.24) is 5.32 Å². The second-order valence-electron chi connectivity index (χ2n) is 19.9. The third-order valence-corrected chi connectivity index (χ3v) is 14.1. The summed E-state index contributed by atoms with van der Waals surface area (Å²) in [6.45, 7) is 3.50. The molecule has 0 saturated carbocycles. The van der Waals surface area contributed by atoms with Gasteiger partial charge in [-0.3, -0.25) is 9.35 Å². The van der Waals surface area contributed by atoms with Gasteiger partial charge in [0.15, 0.2) is 6.29 Å². The number of unbranched alkanes of at least 4 members (excludes halogenated alkanes) is 37. The first-order chi connectivity index (χ1) is 32.0. The molecule has 1 aliphatic rings. The molecule has 6 N–H and O–H groups in total. The second-order valence-corrected chi connectivity index (χ2v) is 20.9. The van der Waals surface area contributed by atoms with Gasteiger partial charge in [0.05, 0.1) is 25.4 Å². The highest BCUT2D eigenvalue weighted by molar-refractivity contribution is 7.80. The van der Waals surface area contributed by atoms with Gasteiger partial charge in [0.1, 0.15) is 24.4 Å². The Kier molecular flexibility index (Phi) is 42.1. The zero-order valence-electron chi connectivity index (χ0n) is 42.5. The van der Waals surface area contributed by atoms with E-state index in [4.69, 9.17) is 9.47 Å². The molecule has 1 rings (SSSR count). The van der Waals surface area contributed by atoms with Crippen LogP contribution in [-0.2, 0) is 28.9 Å². The summed E-state index contributed by atoms with van der Waals surface area (Å²) in [4.78, 5) is 13.1. The molecule has 7 unspecified atom stereocenters. The summed E-state index contributed by atoms with van der Waals surface area (Å²) in [6.07, 6.45) is 41.0. The molecule has 1 saturated heterocycles. The van der Waals surface area contributed by atoms with Crippen LogP contribution in [0.4, 0.5) is 0 Å². The molecule has 66 heavy (non-hydrogen) atoms. The van der Waals surface area contributed by atoms with Crippen LogP contribution in [0.2, 0.25) is 0 Å². The molecule has 1 amide bonds. The van der Waals surface area contributed by atoms with Crippen LogP contribution in [0.1, 0.15) is 277 Å². The fourth-order valence-electron chi connectivity index (χ4n) is 9.35. The Balaban J connectivity index is 2.37. The minimum Gasteiger partial charge on any atom is -0.394 e. The molecule has 1 heterocycles. The number of carbonyl (C=O) groups excluding carboxylic acids is 1. The number of amides is 1. The lowest BCUT2D eigenvalue weighted by Crippen LogP contribution is -2.61. The Morgan fingerprint density at radius 1 is 0.545 bits per heavy atom. The van der Waals surface area contributed by atoms with Crippen LogP contribution in [0.15, 0.2) is 0 Å². The summed E-state index contributed by atoms with van der Waals surface area (Å²) in [5.41, 5.74) is 0. The van der Waals surface area contributed by atoms with E-state index in [2.05, 4.69) is 23.3 Å². The van der Waals surface area contributed by atoms with Crippen molar-refractivity contribution in [3.05, 3.63) is 0 Å². The van der Waals surface area contributed by atoms with Crippen LogP contribution in [0.3, 0.4) is 0 Å². The zero-order chi connectivity index (χ0) is 48.4. The normalized spacial score (nSPS) is 19.9. The third kappa shape index (κ3) is 36.1. The molecule has 0 aromatic heterocycles. The second kappa shape index (κ2) is 44.1. The molecule has 0 aliphatic carbocycles. The van der Waals surface area contributed by atoms with Crippen molar-refractivity contribution in [3.8, 4) is 0 Å². The fourth-order valence-corrected chi connectivity index (χ4v) is 9.85. The van der Waals surface area contributed by atoms with Gasteiger partial charge < -0.3 is 35.2 Å². The molecule has 0 aromatic rings. The van der Waals surface area contributed by atoms with Gasteiger partial charge in [-0.1, -0.05) is 258 Å². The number of hydrogen-bond acceptors (Lipinski definition) is 10. The number of aliphatic hydroxyl groups is 4. The van der Waals surface area contributed by atoms with E-state index in [0.717, 1.165) is 51.4 Å². The number of aliphatic hydroxyl groups excluding tert-OH is 4. The highest BCUT2D eigenvalue weighted by atomic mass is 32.3. The number of rotatable bonds is 49. The van der Waals surface area contributed by atoms with Gasteiger partial charge in [-0.15, -0.1) is 0 Å². The SMILES string of the molecule is CCCCCCCCCCCCCCCCCCCCCCCC(O)C(COC1OC(CO)C(O)C(OS(=O)(=O)O)C1O)NC(=O)CCCCCCCCCCCCCCCCCCCC. The van der Waals surface area contributed by atoms with Crippen molar-refractivity contribution in [2.24, 2.45) is 0 Å². The average molecular weight is 964 g/mol. The van der Waals surface area contributed by atoms with Gasteiger partial charge in [0.2, 0.25) is 5.91 Å². The lowest BCUT2D eigenvalue weighted by atomic mass is 9.99. The topological polar surface area (TPSA) is 192 Å². The maximum Gasteiger partial charge on any atom is 0.397 e. The number of carbonyl (C=O) groups is 1. The molecule has 1 aliphatic heterocycles. The first-order valence-corrected chi connectivity index (χ1v) is 29.3. The molecular weight excluding hydrogens is 859 g/mol. The Bertz CT molecular complexity index is 1180. The fraction of sp³-hybridized carbons (Fsp3) is 0.981. The van der Waals surface area contributed by atoms with Gasteiger partial charge in [-0.05, 0) is 12.8 Å². The number of hydrogen-bond donors (Lipinski definition) is 6. The van der Waals surface area contributed by atoms with Crippen LogP contribution < -0.4 is 5.32 Å². The Morgan fingerprint density at radius 2 is 0.879 bits per heavy atom. The quantitative estimate of drug-likeness (QED) is 0.0251. The minimum atomic E-state index is -5.08. The van der Waals surface area contributed by atoms with Crippen LogP contribution in [0.25, 0.3) is 0 Å². The standard InChI is InChI=1S/C53H105NO11S/c1-3-5-7-9-11-13-15-17-19-21-23-24-25-26-28-30-32-34-36-38-40-42-47(56)46(45-63-53-51(59)52(65-66(60,61)62)50(58)48(44-55)64-53)54-49(57)43-41-39-37-35-33-31-29-27-22-20-18-16-14-12-10-8-6-4-2/h46-48,50-53,55-56,58-59H,3-45H2,1-2H3,(H,54,57)(H,60,61,62). The summed E-state index contributed by atoms with van der Waals surface area (Å²) in [7, 11) is -5.08. The van der Waals surface area contributed by atoms with E-state index in [0.29, 0.717) is 12.8 Å². The van der Waals surface area contributed by atoms with E-state index in [1.807, 2.05) is 0 Å². The highest BCUT2D eigenvalue weighted by Gasteiger charge is 2.48. The molecule has 13 heteroatoms. The molecule has 394 valence electrons. The third-order valence-electron chi connectivity index (χ3n) is 13.7. The van der Waals surface area contributed by atoms with Crippen LogP contribution in [-0.4, -0.2) is 95.4 Å². The molecule has 0 aromatic carbocycles. The summed E-state index contributed by atoms with van der Waals surface area (Å²) < 4.78 is 47.9. The van der Waals surface area contributed by atoms with Gasteiger partial charge in [-0.25, -0.2) is 4.18 Å². The van der Waals surface area contributed by atoms with E-state index in [-0.39, 0.29) is 12.5 Å². The Hall–Kier alpha value is -0.900. The number of ether oxygens (including phenoxy) is 2. The lowest BCUT2D eigenvalue weighted by molar-refractivity contribution is -0.298. The largest absolute Gasteiger partial charge is 0.397 e. The van der Waals surface area contributed by atoms with Crippen molar-refractivity contribution < 1.29 is 51.8 Å². The van der Waals surface area contributed by atoms with Crippen molar-refractivity contribution in [3.63, 3.8) is 0 Å². The Morgan fingerprint density at radius 3 is 1.21 bits per heavy atom. The highest BCUT2D eigenvalue weighted by Crippen LogP contribution is 2.26. The van der Waals surface area contributed by atoms with Crippen LogP contribution in [0, 0.1) is 0 Å². The maximum atomic E-state index is 13.1. The van der Waals surface area contributed by atoms with Crippen LogP contribution >= 0.6 is 0 Å². The molecule has 0 radical (unpaired) electrons. The smallest absolute Gasteiger partial charge is 0.394 e. The van der Waals surface area contributed by atoms with Crippen molar-refractivity contribution in [2.75, 3.05) is 13.2 Å². The monoisotopic (exact) mass is 964 g/mol. The van der Waals surface area contributed by atoms with Gasteiger partial charge in [-0.2, -0.15) is 8.42 Å². The van der Waals surface area contributed by atoms with Crippen molar-refractivity contribution >= 4 is 16.3 Å².